The predicted molar refractivity (Wildman–Crippen MR) is 127 cm³/mol. The van der Waals surface area contributed by atoms with E-state index >= 15 is 0 Å². The Hall–Kier alpha value is -2.63. The van der Waals surface area contributed by atoms with E-state index in [2.05, 4.69) is 24.9 Å². The third-order valence-electron chi connectivity index (χ3n) is 6.75. The van der Waals surface area contributed by atoms with Gasteiger partial charge in [-0.25, -0.2) is 18.7 Å². The zero-order chi connectivity index (χ0) is 23.9. The van der Waals surface area contributed by atoms with E-state index < -0.39 is 20.9 Å². The molecule has 0 aliphatic carbocycles. The molecule has 0 radical (unpaired) electrons. The van der Waals surface area contributed by atoms with Gasteiger partial charge in [0.1, 0.15) is 5.82 Å². The number of nitrogens with one attached hydrogen (secondary N) is 2. The molecule has 2 aliphatic rings. The van der Waals surface area contributed by atoms with Crippen molar-refractivity contribution in [1.29, 1.82) is 0 Å². The van der Waals surface area contributed by atoms with E-state index in [1.54, 1.807) is 13.0 Å². The number of aryl methyl sites for hydroxylation is 1. The average molecular weight is 506 g/mol. The number of piperidine rings is 1. The topological polar surface area (TPSA) is 87.2 Å². The van der Waals surface area contributed by atoms with Crippen molar-refractivity contribution >= 4 is 32.9 Å². The van der Waals surface area contributed by atoms with Gasteiger partial charge in [0.25, 0.3) is 10.0 Å². The molecule has 2 saturated heterocycles. The van der Waals surface area contributed by atoms with Crippen LogP contribution in [0.4, 0.5) is 20.3 Å². The van der Waals surface area contributed by atoms with Crippen LogP contribution in [0.5, 0.6) is 0 Å². The first kappa shape index (κ1) is 23.1. The number of fused-ring (bicyclic) bond motifs is 2. The van der Waals surface area contributed by atoms with Crippen molar-refractivity contribution in [3.8, 4) is 0 Å². The summed E-state index contributed by atoms with van der Waals surface area (Å²) in [6.07, 6.45) is 3.18. The van der Waals surface area contributed by atoms with Crippen molar-refractivity contribution in [3.63, 3.8) is 0 Å². The molecule has 0 spiro atoms. The summed E-state index contributed by atoms with van der Waals surface area (Å²) in [5, 5.41) is 3.85. The van der Waals surface area contributed by atoms with Gasteiger partial charge in [-0.05, 0) is 56.8 Å². The second-order valence-electron chi connectivity index (χ2n) is 8.76. The van der Waals surface area contributed by atoms with Gasteiger partial charge in [0.2, 0.25) is 5.03 Å². The minimum atomic E-state index is -4.24. The zero-order valence-corrected chi connectivity index (χ0v) is 20.2. The first-order chi connectivity index (χ1) is 16.3. The number of anilines is 2. The largest absolute Gasteiger partial charge is 0.379 e. The second kappa shape index (κ2) is 9.20. The van der Waals surface area contributed by atoms with Gasteiger partial charge in [-0.15, -0.1) is 11.3 Å². The number of halogens is 2. The van der Waals surface area contributed by atoms with Crippen LogP contribution in [-0.4, -0.2) is 42.4 Å². The molecule has 180 valence electrons. The maximum absolute atomic E-state index is 14.8. The fourth-order valence-electron chi connectivity index (χ4n) is 5.01. The third-order valence-corrected chi connectivity index (χ3v) is 8.61. The van der Waals surface area contributed by atoms with Gasteiger partial charge in [-0.1, -0.05) is 12.1 Å². The monoisotopic (exact) mass is 505 g/mol. The lowest BCUT2D eigenvalue weighted by Crippen LogP contribution is -2.28. The second-order valence-corrected chi connectivity index (χ2v) is 11.1. The van der Waals surface area contributed by atoms with Crippen LogP contribution in [0, 0.1) is 24.5 Å². The molecule has 0 amide bonds. The van der Waals surface area contributed by atoms with Crippen LogP contribution in [-0.2, 0) is 23.0 Å². The maximum Gasteiger partial charge on any atom is 0.283 e. The number of thiazole rings is 1. The molecule has 4 heterocycles. The van der Waals surface area contributed by atoms with Crippen molar-refractivity contribution in [2.75, 3.05) is 23.1 Å². The molecule has 7 nitrogen and oxygen atoms in total. The van der Waals surface area contributed by atoms with E-state index in [9.17, 15) is 17.2 Å². The molecule has 2 aromatic heterocycles. The lowest BCUT2D eigenvalue weighted by Gasteiger charge is -2.21. The molecule has 11 heteroatoms. The van der Waals surface area contributed by atoms with Crippen LogP contribution in [0.3, 0.4) is 0 Å². The number of benzene rings is 1. The number of hydrogen-bond donors (Lipinski definition) is 2. The van der Waals surface area contributed by atoms with Crippen molar-refractivity contribution in [1.82, 2.24) is 14.9 Å². The summed E-state index contributed by atoms with van der Waals surface area (Å²) >= 11 is 1.21. The minimum Gasteiger partial charge on any atom is -0.379 e. The molecule has 1 aromatic carbocycles. The number of nitrogens with zero attached hydrogens (tertiary/aromatic N) is 3. The normalized spacial score (nSPS) is 21.7. The van der Waals surface area contributed by atoms with Gasteiger partial charge in [0.05, 0.1) is 16.9 Å². The van der Waals surface area contributed by atoms with Crippen LogP contribution in [0.25, 0.3) is 0 Å². The van der Waals surface area contributed by atoms with Gasteiger partial charge in [0, 0.05) is 29.6 Å². The number of aromatic nitrogens is 2. The highest BCUT2D eigenvalue weighted by Crippen LogP contribution is 2.37. The van der Waals surface area contributed by atoms with E-state index in [1.807, 2.05) is 6.07 Å². The van der Waals surface area contributed by atoms with Gasteiger partial charge in [-0.3, -0.25) is 9.62 Å². The third kappa shape index (κ3) is 4.51. The van der Waals surface area contributed by atoms with Gasteiger partial charge in [-0.2, -0.15) is 8.42 Å². The zero-order valence-electron chi connectivity index (χ0n) is 18.6. The lowest BCUT2D eigenvalue weighted by atomic mass is 9.92. The van der Waals surface area contributed by atoms with E-state index in [1.165, 1.54) is 41.1 Å². The minimum absolute atomic E-state index is 0.102. The molecule has 2 bridgehead atoms. The van der Waals surface area contributed by atoms with E-state index in [-0.39, 0.29) is 23.9 Å². The van der Waals surface area contributed by atoms with Crippen molar-refractivity contribution in [3.05, 3.63) is 63.6 Å². The Bertz CT molecular complexity index is 1280. The van der Waals surface area contributed by atoms with Crippen LogP contribution in [0.15, 0.2) is 40.2 Å². The summed E-state index contributed by atoms with van der Waals surface area (Å²) < 4.78 is 56.9. The summed E-state index contributed by atoms with van der Waals surface area (Å²) in [6, 6.07) is 6.62. The number of rotatable bonds is 8. The molecule has 2 fully saturated rings. The Kier molecular flexibility index (Phi) is 6.26. The Balaban J connectivity index is 1.34. The molecule has 2 aliphatic heterocycles. The Morgan fingerprint density at radius 3 is 2.68 bits per heavy atom. The van der Waals surface area contributed by atoms with E-state index in [0.717, 1.165) is 31.1 Å². The lowest BCUT2D eigenvalue weighted by molar-refractivity contribution is 0.298. The number of sulfonamides is 1. The summed E-state index contributed by atoms with van der Waals surface area (Å²) in [6.45, 7) is 3.93. The van der Waals surface area contributed by atoms with E-state index in [4.69, 9.17) is 0 Å². The highest BCUT2D eigenvalue weighted by Gasteiger charge is 2.39. The van der Waals surface area contributed by atoms with Crippen LogP contribution in [0.2, 0.25) is 0 Å². The van der Waals surface area contributed by atoms with E-state index in [0.29, 0.717) is 23.2 Å². The van der Waals surface area contributed by atoms with Crippen LogP contribution in [0.1, 0.15) is 29.7 Å². The quantitative estimate of drug-likeness (QED) is 0.478. The molecular formula is C23H25F2N5O2S2. The van der Waals surface area contributed by atoms with Crippen LogP contribution >= 0.6 is 11.3 Å². The smallest absolute Gasteiger partial charge is 0.283 e. The van der Waals surface area contributed by atoms with Gasteiger partial charge >= 0.3 is 0 Å². The van der Waals surface area contributed by atoms with Crippen molar-refractivity contribution in [2.24, 2.45) is 5.92 Å². The Morgan fingerprint density at radius 2 is 2.00 bits per heavy atom. The van der Waals surface area contributed by atoms with Crippen LogP contribution < -0.4 is 10.0 Å². The molecule has 5 rings (SSSR count). The standard InChI is InChI=1S/C23H25F2N5O2S2/c1-14-20(10-19(25)23(28-14)34(31,32)29-22-12-33-13-27-22)26-11-17-16(3-2-4-18(17)24)9-21-15-5-7-30(21)8-6-15/h2-4,10,12-13,15,21,26,29H,5-9,11H2,1H3. The number of pyridine rings is 1. The molecule has 0 saturated carbocycles. The highest BCUT2D eigenvalue weighted by molar-refractivity contribution is 7.92. The molecule has 3 aromatic rings. The first-order valence-corrected chi connectivity index (χ1v) is 13.6. The summed E-state index contributed by atoms with van der Waals surface area (Å²) in [5.41, 5.74) is 3.54. The molecule has 1 atom stereocenters. The average Bonchev–Trinajstić information content (AvgIpc) is 3.53. The maximum atomic E-state index is 14.8. The highest BCUT2D eigenvalue weighted by atomic mass is 32.2. The fraction of sp³-hybridized carbons (Fsp3) is 0.391. The fourth-order valence-corrected chi connectivity index (χ4v) is 6.62. The van der Waals surface area contributed by atoms with Crippen molar-refractivity contribution in [2.45, 2.75) is 43.8 Å². The Labute approximate surface area is 201 Å². The molecule has 34 heavy (non-hydrogen) atoms. The summed E-state index contributed by atoms with van der Waals surface area (Å²) in [4.78, 5) is 10.3. The first-order valence-electron chi connectivity index (χ1n) is 11.1. The molecule has 1 unspecified atom stereocenters. The predicted octanol–water partition coefficient (Wildman–Crippen LogP) is 4.17. The van der Waals surface area contributed by atoms with Gasteiger partial charge < -0.3 is 5.32 Å². The molecule has 2 N–H and O–H groups in total. The van der Waals surface area contributed by atoms with Crippen molar-refractivity contribution < 1.29 is 17.2 Å². The number of hydrogen-bond acceptors (Lipinski definition) is 7. The Morgan fingerprint density at radius 1 is 1.21 bits per heavy atom. The van der Waals surface area contributed by atoms with Gasteiger partial charge in [0.15, 0.2) is 11.6 Å². The summed E-state index contributed by atoms with van der Waals surface area (Å²) in [5.74, 6) is -0.551. The SMILES string of the molecule is Cc1nc(S(=O)(=O)Nc2cscn2)c(F)cc1NCc1c(F)cccc1CC1C2CCN1CC2. The summed E-state index contributed by atoms with van der Waals surface area (Å²) in [7, 11) is -4.24. The molecular weight excluding hydrogens is 480 g/mol.